The van der Waals surface area contributed by atoms with E-state index < -0.39 is 0 Å². The summed E-state index contributed by atoms with van der Waals surface area (Å²) >= 11 is 0. The minimum Gasteiger partial charge on any atom is -0.497 e. The zero-order valence-corrected chi connectivity index (χ0v) is 12.4. The van der Waals surface area contributed by atoms with E-state index in [1.54, 1.807) is 31.4 Å². The lowest BCUT2D eigenvalue weighted by Gasteiger charge is -2.21. The first kappa shape index (κ1) is 14.3. The number of methoxy groups -OCH3 is 1. The Kier molecular flexibility index (Phi) is 3.65. The Morgan fingerprint density at radius 2 is 1.64 bits per heavy atom. The van der Waals surface area contributed by atoms with E-state index in [4.69, 9.17) is 4.74 Å². The summed E-state index contributed by atoms with van der Waals surface area (Å²) < 4.78 is 5.19. The lowest BCUT2D eigenvalue weighted by Crippen LogP contribution is -2.43. The van der Waals surface area contributed by atoms with Crippen LogP contribution in [0.15, 0.2) is 48.5 Å². The quantitative estimate of drug-likeness (QED) is 0.881. The van der Waals surface area contributed by atoms with E-state index in [9.17, 15) is 9.59 Å². The standard InChI is InChI=1S/C17H16N2O3/c1-11(12-6-5-7-13(10-12)22-2)18-19-16(20)14-8-3-4-9-15(14)17(19)21/h3-11,18H,1-2H3. The molecular weight excluding hydrogens is 280 g/mol. The summed E-state index contributed by atoms with van der Waals surface area (Å²) in [6.07, 6.45) is 0. The second kappa shape index (κ2) is 5.61. The highest BCUT2D eigenvalue weighted by Crippen LogP contribution is 2.24. The number of carbonyl (C=O) groups is 2. The Hall–Kier alpha value is -2.66. The maximum Gasteiger partial charge on any atom is 0.276 e. The highest BCUT2D eigenvalue weighted by Gasteiger charge is 2.36. The van der Waals surface area contributed by atoms with Crippen molar-refractivity contribution < 1.29 is 14.3 Å². The molecule has 1 unspecified atom stereocenters. The van der Waals surface area contributed by atoms with Crippen LogP contribution in [0.2, 0.25) is 0 Å². The fraction of sp³-hybridized carbons (Fsp3) is 0.176. The third-order valence-electron chi connectivity index (χ3n) is 3.71. The van der Waals surface area contributed by atoms with Gasteiger partial charge in [0.1, 0.15) is 5.75 Å². The summed E-state index contributed by atoms with van der Waals surface area (Å²) in [6.45, 7) is 1.89. The normalized spacial score (nSPS) is 14.9. The van der Waals surface area contributed by atoms with Gasteiger partial charge in [-0.3, -0.25) is 9.59 Å². The van der Waals surface area contributed by atoms with Crippen molar-refractivity contribution in [2.24, 2.45) is 0 Å². The van der Waals surface area contributed by atoms with Gasteiger partial charge in [-0.2, -0.15) is 0 Å². The predicted molar refractivity (Wildman–Crippen MR) is 81.5 cm³/mol. The molecule has 0 aliphatic carbocycles. The summed E-state index contributed by atoms with van der Waals surface area (Å²) in [4.78, 5) is 24.6. The van der Waals surface area contributed by atoms with Crippen LogP contribution in [0.4, 0.5) is 0 Å². The average molecular weight is 296 g/mol. The SMILES string of the molecule is COc1cccc(C(C)NN2C(=O)c3ccccc3C2=O)c1. The molecule has 1 atom stereocenters. The lowest BCUT2D eigenvalue weighted by atomic mass is 10.1. The number of fused-ring (bicyclic) bond motifs is 1. The van der Waals surface area contributed by atoms with E-state index in [0.717, 1.165) is 16.3 Å². The number of nitrogens with zero attached hydrogens (tertiary/aromatic N) is 1. The topological polar surface area (TPSA) is 58.6 Å². The van der Waals surface area contributed by atoms with E-state index in [0.29, 0.717) is 11.1 Å². The Labute approximate surface area is 128 Å². The smallest absolute Gasteiger partial charge is 0.276 e. The number of hydrogen-bond donors (Lipinski definition) is 1. The van der Waals surface area contributed by atoms with Crippen LogP contribution in [0.25, 0.3) is 0 Å². The Balaban J connectivity index is 1.82. The van der Waals surface area contributed by atoms with Gasteiger partial charge >= 0.3 is 0 Å². The summed E-state index contributed by atoms with van der Waals surface area (Å²) in [7, 11) is 1.60. The van der Waals surface area contributed by atoms with Crippen molar-refractivity contribution in [1.29, 1.82) is 0 Å². The third-order valence-corrected chi connectivity index (χ3v) is 3.71. The summed E-state index contributed by atoms with van der Waals surface area (Å²) in [5.41, 5.74) is 4.76. The molecular formula is C17H16N2O3. The van der Waals surface area contributed by atoms with Crippen LogP contribution >= 0.6 is 0 Å². The molecule has 1 N–H and O–H groups in total. The first-order valence-electron chi connectivity index (χ1n) is 6.99. The van der Waals surface area contributed by atoms with E-state index >= 15 is 0 Å². The van der Waals surface area contributed by atoms with Crippen LogP contribution < -0.4 is 10.2 Å². The fourth-order valence-electron chi connectivity index (χ4n) is 2.49. The van der Waals surface area contributed by atoms with Gasteiger partial charge in [-0.25, -0.2) is 10.4 Å². The highest BCUT2D eigenvalue weighted by molar-refractivity contribution is 6.20. The van der Waals surface area contributed by atoms with Crippen molar-refractivity contribution in [3.63, 3.8) is 0 Å². The molecule has 3 rings (SSSR count). The number of ether oxygens (including phenoxy) is 1. The van der Waals surface area contributed by atoms with E-state index in [1.165, 1.54) is 0 Å². The molecule has 0 bridgehead atoms. The van der Waals surface area contributed by atoms with Gasteiger partial charge in [0.05, 0.1) is 18.2 Å². The van der Waals surface area contributed by atoms with Crippen LogP contribution in [0.1, 0.15) is 39.2 Å². The van der Waals surface area contributed by atoms with Crippen LogP contribution in [-0.4, -0.2) is 23.9 Å². The Morgan fingerprint density at radius 1 is 1.00 bits per heavy atom. The molecule has 2 aromatic carbocycles. The summed E-state index contributed by atoms with van der Waals surface area (Å²) in [5.74, 6) is 0.0826. The molecule has 0 fully saturated rings. The van der Waals surface area contributed by atoms with Crippen molar-refractivity contribution in [2.75, 3.05) is 7.11 Å². The largest absolute Gasteiger partial charge is 0.497 e. The van der Waals surface area contributed by atoms with Gasteiger partial charge in [0, 0.05) is 6.04 Å². The highest BCUT2D eigenvalue weighted by atomic mass is 16.5. The van der Waals surface area contributed by atoms with Gasteiger partial charge in [0.2, 0.25) is 0 Å². The molecule has 0 saturated heterocycles. The van der Waals surface area contributed by atoms with Crippen LogP contribution in [0, 0.1) is 0 Å². The zero-order chi connectivity index (χ0) is 15.7. The molecule has 2 amide bonds. The van der Waals surface area contributed by atoms with Crippen molar-refractivity contribution in [3.05, 3.63) is 65.2 Å². The van der Waals surface area contributed by atoms with Crippen molar-refractivity contribution in [3.8, 4) is 5.75 Å². The number of nitrogens with one attached hydrogen (secondary N) is 1. The molecule has 22 heavy (non-hydrogen) atoms. The third kappa shape index (κ3) is 2.35. The summed E-state index contributed by atoms with van der Waals surface area (Å²) in [6, 6.07) is 14.1. The van der Waals surface area contributed by atoms with Crippen molar-refractivity contribution >= 4 is 11.8 Å². The minimum atomic E-state index is -0.324. The first-order valence-corrected chi connectivity index (χ1v) is 6.99. The van der Waals surface area contributed by atoms with E-state index in [2.05, 4.69) is 5.43 Å². The van der Waals surface area contributed by atoms with Crippen LogP contribution in [0.5, 0.6) is 5.75 Å². The zero-order valence-electron chi connectivity index (χ0n) is 12.4. The van der Waals surface area contributed by atoms with Gasteiger partial charge in [-0.15, -0.1) is 0 Å². The van der Waals surface area contributed by atoms with E-state index in [1.807, 2.05) is 31.2 Å². The lowest BCUT2D eigenvalue weighted by molar-refractivity contribution is 0.0538. The number of benzene rings is 2. The minimum absolute atomic E-state index is 0.211. The molecule has 1 aliphatic rings. The van der Waals surface area contributed by atoms with Gasteiger partial charge in [-0.05, 0) is 36.8 Å². The van der Waals surface area contributed by atoms with Crippen LogP contribution in [-0.2, 0) is 0 Å². The molecule has 0 aromatic heterocycles. The van der Waals surface area contributed by atoms with Gasteiger partial charge in [0.15, 0.2) is 0 Å². The average Bonchev–Trinajstić information content (AvgIpc) is 2.80. The fourth-order valence-corrected chi connectivity index (χ4v) is 2.49. The second-order valence-electron chi connectivity index (χ2n) is 5.12. The number of carbonyl (C=O) groups excluding carboxylic acids is 2. The first-order chi connectivity index (χ1) is 10.6. The number of rotatable bonds is 4. The second-order valence-corrected chi connectivity index (χ2v) is 5.12. The van der Waals surface area contributed by atoms with Gasteiger partial charge < -0.3 is 4.74 Å². The molecule has 0 spiro atoms. The predicted octanol–water partition coefficient (Wildman–Crippen LogP) is 2.56. The van der Waals surface area contributed by atoms with E-state index in [-0.39, 0.29) is 17.9 Å². The number of hydrazine groups is 1. The Bertz CT molecular complexity index is 707. The molecule has 112 valence electrons. The maximum absolute atomic E-state index is 12.3. The monoisotopic (exact) mass is 296 g/mol. The molecule has 1 aliphatic heterocycles. The summed E-state index contributed by atoms with van der Waals surface area (Å²) in [5, 5.41) is 1.08. The molecule has 0 saturated carbocycles. The van der Waals surface area contributed by atoms with Crippen molar-refractivity contribution in [1.82, 2.24) is 10.4 Å². The number of hydrogen-bond acceptors (Lipinski definition) is 4. The van der Waals surface area contributed by atoms with Gasteiger partial charge in [-0.1, -0.05) is 24.3 Å². The van der Waals surface area contributed by atoms with Gasteiger partial charge in [0.25, 0.3) is 11.8 Å². The van der Waals surface area contributed by atoms with Crippen LogP contribution in [0.3, 0.4) is 0 Å². The Morgan fingerprint density at radius 3 is 2.23 bits per heavy atom. The molecule has 5 heteroatoms. The molecule has 5 nitrogen and oxygen atoms in total. The molecule has 0 radical (unpaired) electrons. The molecule has 2 aromatic rings. The molecule has 1 heterocycles. The maximum atomic E-state index is 12.3. The van der Waals surface area contributed by atoms with Crippen molar-refractivity contribution in [2.45, 2.75) is 13.0 Å². The number of amides is 2. The number of imide groups is 1.